The number of rotatable bonds is 7. The largest absolute Gasteiger partial charge is 0.368 e. The van der Waals surface area contributed by atoms with Gasteiger partial charge < -0.3 is 14.6 Å². The van der Waals surface area contributed by atoms with Gasteiger partial charge in [-0.15, -0.1) is 0 Å². The first kappa shape index (κ1) is 13.8. The zero-order valence-corrected chi connectivity index (χ0v) is 9.86. The normalized spacial score (nSPS) is 18.2. The van der Waals surface area contributed by atoms with Crippen LogP contribution in [-0.4, -0.2) is 41.9 Å². The standard InChI is InChI=1S/C10H23NO3/c1-6-11(7-2)8(3)13-10(5)14-9(4)12/h8-10,12H,6-7H2,1-5H3. The van der Waals surface area contributed by atoms with Gasteiger partial charge in [0.25, 0.3) is 0 Å². The van der Waals surface area contributed by atoms with Gasteiger partial charge >= 0.3 is 0 Å². The molecule has 0 spiro atoms. The lowest BCUT2D eigenvalue weighted by Crippen LogP contribution is -2.38. The van der Waals surface area contributed by atoms with E-state index in [9.17, 15) is 0 Å². The molecular weight excluding hydrogens is 182 g/mol. The van der Waals surface area contributed by atoms with Crippen molar-refractivity contribution in [1.82, 2.24) is 4.90 Å². The van der Waals surface area contributed by atoms with Gasteiger partial charge in [-0.2, -0.15) is 0 Å². The van der Waals surface area contributed by atoms with Crippen LogP contribution in [0.1, 0.15) is 34.6 Å². The fourth-order valence-electron chi connectivity index (χ4n) is 1.41. The predicted molar refractivity (Wildman–Crippen MR) is 55.7 cm³/mol. The highest BCUT2D eigenvalue weighted by Gasteiger charge is 2.15. The average molecular weight is 205 g/mol. The van der Waals surface area contributed by atoms with Crippen LogP contribution in [0.4, 0.5) is 0 Å². The number of nitrogens with zero attached hydrogens (tertiary/aromatic N) is 1. The van der Waals surface area contributed by atoms with E-state index in [0.717, 1.165) is 13.1 Å². The van der Waals surface area contributed by atoms with Crippen molar-refractivity contribution in [2.24, 2.45) is 0 Å². The molecular formula is C10H23NO3. The lowest BCUT2D eigenvalue weighted by molar-refractivity contribution is -0.246. The zero-order chi connectivity index (χ0) is 11.1. The average Bonchev–Trinajstić information content (AvgIpc) is 2.04. The number of hydrogen-bond donors (Lipinski definition) is 1. The molecule has 0 aromatic heterocycles. The van der Waals surface area contributed by atoms with Crippen molar-refractivity contribution < 1.29 is 14.6 Å². The Balaban J connectivity index is 3.84. The summed E-state index contributed by atoms with van der Waals surface area (Å²) in [5, 5.41) is 8.97. The van der Waals surface area contributed by atoms with E-state index in [4.69, 9.17) is 14.6 Å². The van der Waals surface area contributed by atoms with E-state index in [1.807, 2.05) is 6.92 Å². The number of hydrogen-bond acceptors (Lipinski definition) is 4. The van der Waals surface area contributed by atoms with E-state index in [1.54, 1.807) is 13.8 Å². The minimum Gasteiger partial charge on any atom is -0.368 e. The van der Waals surface area contributed by atoms with Gasteiger partial charge in [0.1, 0.15) is 6.23 Å². The Hall–Kier alpha value is -0.160. The van der Waals surface area contributed by atoms with E-state index < -0.39 is 6.29 Å². The molecule has 1 N–H and O–H groups in total. The summed E-state index contributed by atoms with van der Waals surface area (Å²) in [7, 11) is 0. The molecule has 0 aliphatic heterocycles. The summed E-state index contributed by atoms with van der Waals surface area (Å²) in [5.41, 5.74) is 0. The summed E-state index contributed by atoms with van der Waals surface area (Å²) >= 11 is 0. The van der Waals surface area contributed by atoms with Crippen molar-refractivity contribution in [3.8, 4) is 0 Å². The summed E-state index contributed by atoms with van der Waals surface area (Å²) in [6.07, 6.45) is -1.15. The topological polar surface area (TPSA) is 41.9 Å². The van der Waals surface area contributed by atoms with Gasteiger partial charge in [-0.05, 0) is 33.9 Å². The van der Waals surface area contributed by atoms with Gasteiger partial charge in [-0.25, -0.2) is 0 Å². The van der Waals surface area contributed by atoms with Crippen LogP contribution in [0.5, 0.6) is 0 Å². The van der Waals surface area contributed by atoms with Gasteiger partial charge in [0.15, 0.2) is 12.6 Å². The minimum atomic E-state index is -0.783. The lowest BCUT2D eigenvalue weighted by Gasteiger charge is -2.29. The highest BCUT2D eigenvalue weighted by Crippen LogP contribution is 2.06. The molecule has 86 valence electrons. The van der Waals surface area contributed by atoms with Crippen LogP contribution in [0.25, 0.3) is 0 Å². The number of aliphatic hydroxyl groups excluding tert-OH is 1. The highest BCUT2D eigenvalue weighted by molar-refractivity contribution is 4.54. The first-order valence-electron chi connectivity index (χ1n) is 5.24. The zero-order valence-electron chi connectivity index (χ0n) is 9.86. The van der Waals surface area contributed by atoms with E-state index in [1.165, 1.54) is 0 Å². The lowest BCUT2D eigenvalue weighted by atomic mass is 10.4. The summed E-state index contributed by atoms with van der Waals surface area (Å²) in [6, 6.07) is 0. The van der Waals surface area contributed by atoms with Gasteiger partial charge in [0.2, 0.25) is 0 Å². The maximum atomic E-state index is 8.97. The van der Waals surface area contributed by atoms with Crippen LogP contribution < -0.4 is 0 Å². The Morgan fingerprint density at radius 3 is 1.93 bits per heavy atom. The molecule has 0 bridgehead atoms. The van der Waals surface area contributed by atoms with Crippen LogP contribution in [0, 0.1) is 0 Å². The number of aliphatic hydroxyl groups is 1. The van der Waals surface area contributed by atoms with E-state index in [2.05, 4.69) is 18.7 Å². The fourth-order valence-corrected chi connectivity index (χ4v) is 1.41. The molecule has 0 fully saturated rings. The van der Waals surface area contributed by atoms with Crippen molar-refractivity contribution in [2.45, 2.75) is 53.4 Å². The number of ether oxygens (including phenoxy) is 2. The molecule has 0 rings (SSSR count). The van der Waals surface area contributed by atoms with E-state index in [0.29, 0.717) is 0 Å². The molecule has 0 aromatic rings. The van der Waals surface area contributed by atoms with Crippen molar-refractivity contribution >= 4 is 0 Å². The second kappa shape index (κ2) is 7.17. The van der Waals surface area contributed by atoms with Crippen LogP contribution in [0.15, 0.2) is 0 Å². The molecule has 3 atom stereocenters. The quantitative estimate of drug-likeness (QED) is 0.638. The predicted octanol–water partition coefficient (Wildman–Crippen LogP) is 1.39. The Morgan fingerprint density at radius 1 is 1.07 bits per heavy atom. The maximum Gasteiger partial charge on any atom is 0.160 e. The fraction of sp³-hybridized carbons (Fsp3) is 1.00. The SMILES string of the molecule is CCN(CC)C(C)OC(C)OC(C)O. The van der Waals surface area contributed by atoms with E-state index in [-0.39, 0.29) is 12.5 Å². The smallest absolute Gasteiger partial charge is 0.160 e. The van der Waals surface area contributed by atoms with Gasteiger partial charge in [0.05, 0.1) is 0 Å². The Bertz CT molecular complexity index is 137. The van der Waals surface area contributed by atoms with Crippen molar-refractivity contribution in [2.75, 3.05) is 13.1 Å². The second-order valence-electron chi connectivity index (χ2n) is 3.26. The first-order chi connectivity index (χ1) is 6.51. The molecule has 3 unspecified atom stereocenters. The summed E-state index contributed by atoms with van der Waals surface area (Å²) in [5.74, 6) is 0. The molecule has 0 aliphatic carbocycles. The van der Waals surface area contributed by atoms with Crippen LogP contribution >= 0.6 is 0 Å². The molecule has 4 heteroatoms. The molecule has 0 amide bonds. The Kier molecular flexibility index (Phi) is 7.09. The van der Waals surface area contributed by atoms with Gasteiger partial charge in [0, 0.05) is 0 Å². The maximum absolute atomic E-state index is 8.97. The summed E-state index contributed by atoms with van der Waals surface area (Å²) < 4.78 is 10.6. The molecule has 4 nitrogen and oxygen atoms in total. The monoisotopic (exact) mass is 205 g/mol. The third-order valence-electron chi connectivity index (χ3n) is 2.10. The van der Waals surface area contributed by atoms with Crippen molar-refractivity contribution in [3.05, 3.63) is 0 Å². The van der Waals surface area contributed by atoms with Gasteiger partial charge in [-0.3, -0.25) is 4.90 Å². The van der Waals surface area contributed by atoms with Crippen molar-refractivity contribution in [1.29, 1.82) is 0 Å². The molecule has 0 aliphatic rings. The third kappa shape index (κ3) is 5.54. The summed E-state index contributed by atoms with van der Waals surface area (Å²) in [6.45, 7) is 11.4. The van der Waals surface area contributed by atoms with Crippen LogP contribution in [0.3, 0.4) is 0 Å². The molecule has 0 saturated carbocycles. The van der Waals surface area contributed by atoms with Gasteiger partial charge in [-0.1, -0.05) is 13.8 Å². The third-order valence-corrected chi connectivity index (χ3v) is 2.10. The molecule has 0 saturated heterocycles. The van der Waals surface area contributed by atoms with Crippen molar-refractivity contribution in [3.63, 3.8) is 0 Å². The van der Waals surface area contributed by atoms with E-state index >= 15 is 0 Å². The van der Waals surface area contributed by atoms with Crippen LogP contribution in [-0.2, 0) is 9.47 Å². The first-order valence-corrected chi connectivity index (χ1v) is 5.24. The molecule has 14 heavy (non-hydrogen) atoms. The second-order valence-corrected chi connectivity index (χ2v) is 3.26. The Labute approximate surface area is 86.8 Å². The Morgan fingerprint density at radius 2 is 1.57 bits per heavy atom. The highest BCUT2D eigenvalue weighted by atomic mass is 16.7. The van der Waals surface area contributed by atoms with Crippen LogP contribution in [0.2, 0.25) is 0 Å². The minimum absolute atomic E-state index is 0.0127. The molecule has 0 radical (unpaired) electrons. The molecule has 0 aromatic carbocycles. The molecule has 0 heterocycles. The summed E-state index contributed by atoms with van der Waals surface area (Å²) in [4.78, 5) is 2.17.